The van der Waals surface area contributed by atoms with E-state index in [1.807, 2.05) is 12.2 Å². The predicted octanol–water partition coefficient (Wildman–Crippen LogP) is 4.41. The highest BCUT2D eigenvalue weighted by Gasteiger charge is 2.36. The number of benzene rings is 2. The number of aryl methyl sites for hydroxylation is 2. The maximum absolute atomic E-state index is 13.2. The number of hydrogen-bond acceptors (Lipinski definition) is 5. The van der Waals surface area contributed by atoms with Crippen molar-refractivity contribution in [2.45, 2.75) is 33.1 Å². The van der Waals surface area contributed by atoms with Gasteiger partial charge in [-0.3, -0.25) is 14.9 Å². The number of carbonyl (C=O) groups is 2. The number of carbonyl (C=O) groups excluding carboxylic acids is 2. The molecule has 0 bridgehead atoms. The minimum atomic E-state index is -4.94. The second-order valence-electron chi connectivity index (χ2n) is 6.32. The van der Waals surface area contributed by atoms with Crippen molar-refractivity contribution in [3.05, 3.63) is 68.8 Å². The first-order valence-electron chi connectivity index (χ1n) is 8.35. The van der Waals surface area contributed by atoms with Crippen LogP contribution in [0.3, 0.4) is 0 Å². The first-order chi connectivity index (χ1) is 13.4. The molecule has 1 N–H and O–H groups in total. The number of nitro groups is 1. The van der Waals surface area contributed by atoms with Crippen molar-refractivity contribution in [1.82, 2.24) is 0 Å². The summed E-state index contributed by atoms with van der Waals surface area (Å²) in [6, 6.07) is 6.70. The van der Waals surface area contributed by atoms with Crippen molar-refractivity contribution in [2.24, 2.45) is 0 Å². The molecule has 0 unspecified atom stereocenters. The summed E-state index contributed by atoms with van der Waals surface area (Å²) in [5, 5.41) is 12.7. The van der Waals surface area contributed by atoms with Gasteiger partial charge >= 0.3 is 12.1 Å². The molecule has 0 aliphatic rings. The number of nitro benzene ring substituents is 1. The zero-order valence-electron chi connectivity index (χ0n) is 15.7. The van der Waals surface area contributed by atoms with Crippen LogP contribution in [-0.4, -0.2) is 22.9 Å². The zero-order chi connectivity index (χ0) is 21.9. The van der Waals surface area contributed by atoms with Crippen LogP contribution in [0, 0.1) is 24.0 Å². The fourth-order valence-electron chi connectivity index (χ4n) is 2.37. The van der Waals surface area contributed by atoms with E-state index in [0.717, 1.165) is 23.3 Å². The molecular formula is C19H17F3N2O5. The van der Waals surface area contributed by atoms with Gasteiger partial charge in [0, 0.05) is 12.1 Å². The Morgan fingerprint density at radius 3 is 2.31 bits per heavy atom. The van der Waals surface area contributed by atoms with Crippen LogP contribution in [-0.2, 0) is 15.7 Å². The molecule has 1 amide bonds. The Morgan fingerprint density at radius 1 is 1.10 bits per heavy atom. The third-order valence-electron chi connectivity index (χ3n) is 4.17. The summed E-state index contributed by atoms with van der Waals surface area (Å²) in [5.74, 6) is -1.82. The zero-order valence-corrected chi connectivity index (χ0v) is 15.7. The van der Waals surface area contributed by atoms with Gasteiger partial charge in [-0.1, -0.05) is 6.07 Å². The van der Waals surface area contributed by atoms with Gasteiger partial charge in [-0.2, -0.15) is 13.2 Å². The molecule has 7 nitrogen and oxygen atoms in total. The number of esters is 1. The lowest BCUT2D eigenvalue weighted by atomic mass is 10.1. The molecule has 0 spiro atoms. The van der Waals surface area contributed by atoms with Gasteiger partial charge in [0.2, 0.25) is 0 Å². The maximum atomic E-state index is 13.2. The minimum absolute atomic E-state index is 0.194. The van der Waals surface area contributed by atoms with Crippen LogP contribution in [0.25, 0.3) is 0 Å². The van der Waals surface area contributed by atoms with Crippen molar-refractivity contribution in [3.63, 3.8) is 0 Å². The summed E-state index contributed by atoms with van der Waals surface area (Å²) < 4.78 is 44.6. The lowest BCUT2D eigenvalue weighted by Gasteiger charge is -2.17. The van der Waals surface area contributed by atoms with E-state index in [0.29, 0.717) is 6.07 Å². The quantitative estimate of drug-likeness (QED) is 0.447. The van der Waals surface area contributed by atoms with Crippen LogP contribution in [0.15, 0.2) is 36.4 Å². The Labute approximate surface area is 163 Å². The fraction of sp³-hybridized carbons (Fsp3) is 0.263. The Morgan fingerprint density at radius 2 is 1.76 bits per heavy atom. The van der Waals surface area contributed by atoms with Crippen LogP contribution in [0.5, 0.6) is 0 Å². The first-order valence-corrected chi connectivity index (χ1v) is 8.35. The van der Waals surface area contributed by atoms with E-state index in [-0.39, 0.29) is 5.56 Å². The molecule has 0 aliphatic heterocycles. The first kappa shape index (κ1) is 21.9. The van der Waals surface area contributed by atoms with E-state index in [1.165, 1.54) is 13.0 Å². The van der Waals surface area contributed by atoms with E-state index < -0.39 is 46.0 Å². The molecule has 10 heteroatoms. The normalized spacial score (nSPS) is 12.2. The lowest BCUT2D eigenvalue weighted by Crippen LogP contribution is -2.30. The Balaban J connectivity index is 2.17. The van der Waals surface area contributed by atoms with Crippen molar-refractivity contribution < 1.29 is 32.4 Å². The van der Waals surface area contributed by atoms with Gasteiger partial charge in [0.15, 0.2) is 6.10 Å². The summed E-state index contributed by atoms with van der Waals surface area (Å²) in [4.78, 5) is 34.1. The Bertz CT molecular complexity index is 973. The number of nitrogens with one attached hydrogen (secondary N) is 1. The van der Waals surface area contributed by atoms with E-state index >= 15 is 0 Å². The molecule has 2 aromatic rings. The maximum Gasteiger partial charge on any atom is 0.418 e. The number of halogens is 3. The van der Waals surface area contributed by atoms with Gasteiger partial charge in [-0.25, -0.2) is 4.79 Å². The summed E-state index contributed by atoms with van der Waals surface area (Å²) in [7, 11) is 0. The predicted molar refractivity (Wildman–Crippen MR) is 97.5 cm³/mol. The van der Waals surface area contributed by atoms with Gasteiger partial charge in [-0.15, -0.1) is 0 Å². The number of anilines is 1. The Kier molecular flexibility index (Phi) is 6.25. The molecule has 1 atom stereocenters. The van der Waals surface area contributed by atoms with Gasteiger partial charge < -0.3 is 10.1 Å². The SMILES string of the molecule is Cc1ccc(C(=O)O[C@H](C)C(=O)Nc2ccc([N+](=O)[O-])cc2C(F)(F)F)cc1C. The summed E-state index contributed by atoms with van der Waals surface area (Å²) in [6.45, 7) is 4.84. The molecule has 0 aliphatic carbocycles. The third-order valence-corrected chi connectivity index (χ3v) is 4.17. The largest absolute Gasteiger partial charge is 0.449 e. The molecule has 154 valence electrons. The van der Waals surface area contributed by atoms with E-state index in [9.17, 15) is 32.9 Å². The summed E-state index contributed by atoms with van der Waals surface area (Å²) >= 11 is 0. The number of ether oxygens (including phenoxy) is 1. The van der Waals surface area contributed by atoms with Gasteiger partial charge in [-0.05, 0) is 50.1 Å². The summed E-state index contributed by atoms with van der Waals surface area (Å²) in [5.41, 5.74) is -0.860. The van der Waals surface area contributed by atoms with Crippen LogP contribution < -0.4 is 5.32 Å². The van der Waals surface area contributed by atoms with Gasteiger partial charge in [0.25, 0.3) is 11.6 Å². The number of amides is 1. The van der Waals surface area contributed by atoms with E-state index in [4.69, 9.17) is 4.74 Å². The second kappa shape index (κ2) is 8.29. The van der Waals surface area contributed by atoms with Crippen molar-refractivity contribution in [3.8, 4) is 0 Å². The number of non-ortho nitro benzene ring substituents is 1. The minimum Gasteiger partial charge on any atom is -0.449 e. The standard InChI is InChI=1S/C19H17F3N2O5/c1-10-4-5-13(8-11(10)2)18(26)29-12(3)17(25)23-16-7-6-14(24(27)28)9-15(16)19(20,21)22/h4-9,12H,1-3H3,(H,23,25)/t12-/m1/s1. The number of alkyl halides is 3. The average molecular weight is 410 g/mol. The van der Waals surface area contributed by atoms with Crippen molar-refractivity contribution in [1.29, 1.82) is 0 Å². The van der Waals surface area contributed by atoms with Crippen molar-refractivity contribution >= 4 is 23.3 Å². The van der Waals surface area contributed by atoms with Crippen LogP contribution in [0.1, 0.15) is 34.0 Å². The molecule has 0 heterocycles. The van der Waals surface area contributed by atoms with Crippen LogP contribution in [0.4, 0.5) is 24.5 Å². The number of nitrogens with zero attached hydrogens (tertiary/aromatic N) is 1. The molecule has 0 saturated heterocycles. The van der Waals surface area contributed by atoms with Crippen LogP contribution >= 0.6 is 0 Å². The number of rotatable bonds is 5. The van der Waals surface area contributed by atoms with E-state index in [2.05, 4.69) is 0 Å². The van der Waals surface area contributed by atoms with E-state index in [1.54, 1.807) is 19.1 Å². The monoisotopic (exact) mass is 410 g/mol. The molecule has 0 radical (unpaired) electrons. The molecule has 2 aromatic carbocycles. The second-order valence-corrected chi connectivity index (χ2v) is 6.32. The Hall–Kier alpha value is -3.43. The average Bonchev–Trinajstić information content (AvgIpc) is 2.62. The molecular weight excluding hydrogens is 393 g/mol. The van der Waals surface area contributed by atoms with Crippen molar-refractivity contribution in [2.75, 3.05) is 5.32 Å². The molecule has 0 fully saturated rings. The summed E-state index contributed by atoms with van der Waals surface area (Å²) in [6.07, 6.45) is -6.34. The lowest BCUT2D eigenvalue weighted by molar-refractivity contribution is -0.385. The van der Waals surface area contributed by atoms with Crippen LogP contribution in [0.2, 0.25) is 0 Å². The third kappa shape index (κ3) is 5.31. The van der Waals surface area contributed by atoms with Gasteiger partial charge in [0.05, 0.1) is 21.7 Å². The smallest absolute Gasteiger partial charge is 0.418 e. The highest BCUT2D eigenvalue weighted by molar-refractivity contribution is 5.98. The highest BCUT2D eigenvalue weighted by Crippen LogP contribution is 2.37. The topological polar surface area (TPSA) is 98.5 Å². The highest BCUT2D eigenvalue weighted by atomic mass is 19.4. The number of hydrogen-bond donors (Lipinski definition) is 1. The molecule has 29 heavy (non-hydrogen) atoms. The van der Waals surface area contributed by atoms with Gasteiger partial charge in [0.1, 0.15) is 0 Å². The molecule has 0 aromatic heterocycles. The molecule has 0 saturated carbocycles. The fourth-order valence-corrected chi connectivity index (χ4v) is 2.37. The molecule has 2 rings (SSSR count).